The molecule has 0 spiro atoms. The van der Waals surface area contributed by atoms with Gasteiger partial charge in [-0.15, -0.1) is 0 Å². The van der Waals surface area contributed by atoms with Crippen LogP contribution in [0.2, 0.25) is 0 Å². The molecule has 0 unspecified atom stereocenters. The zero-order chi connectivity index (χ0) is 15.4. The van der Waals surface area contributed by atoms with Crippen molar-refractivity contribution in [1.82, 2.24) is 9.80 Å². The van der Waals surface area contributed by atoms with Crippen LogP contribution >= 0.6 is 11.8 Å². The Balaban J connectivity index is 2.20. The van der Waals surface area contributed by atoms with Gasteiger partial charge in [-0.25, -0.2) is 9.59 Å². The largest absolute Gasteiger partial charge is 0.480 e. The van der Waals surface area contributed by atoms with E-state index >= 15 is 0 Å². The summed E-state index contributed by atoms with van der Waals surface area (Å²) >= 11 is 1.66. The highest BCUT2D eigenvalue weighted by Gasteiger charge is 2.35. The molecule has 1 aliphatic heterocycles. The number of thioether (sulfide) groups is 1. The van der Waals surface area contributed by atoms with Crippen molar-refractivity contribution in [1.29, 1.82) is 0 Å². The lowest BCUT2D eigenvalue weighted by Crippen LogP contribution is -2.52. The molecule has 1 aromatic rings. The number of hydrogen-bond donors (Lipinski definition) is 1. The third kappa shape index (κ3) is 3.50. The van der Waals surface area contributed by atoms with Gasteiger partial charge >= 0.3 is 12.0 Å². The summed E-state index contributed by atoms with van der Waals surface area (Å²) in [5, 5.41) is 9.42. The van der Waals surface area contributed by atoms with Gasteiger partial charge in [-0.2, -0.15) is 11.8 Å². The first-order valence-electron chi connectivity index (χ1n) is 6.85. The van der Waals surface area contributed by atoms with E-state index in [2.05, 4.69) is 0 Å². The van der Waals surface area contributed by atoms with Gasteiger partial charge in [0.1, 0.15) is 6.04 Å². The number of carbonyl (C=O) groups excluding carboxylic acids is 1. The van der Waals surface area contributed by atoms with Crippen molar-refractivity contribution >= 4 is 23.8 Å². The molecule has 1 N–H and O–H groups in total. The summed E-state index contributed by atoms with van der Waals surface area (Å²) in [5.41, 5.74) is 2.04. The van der Waals surface area contributed by atoms with Crippen LogP contribution in [0.1, 0.15) is 11.1 Å². The molecule has 0 saturated carbocycles. The fourth-order valence-electron chi connectivity index (χ4n) is 2.49. The second-order valence-electron chi connectivity index (χ2n) is 5.15. The Morgan fingerprint density at radius 1 is 1.38 bits per heavy atom. The van der Waals surface area contributed by atoms with Crippen LogP contribution in [0.15, 0.2) is 24.3 Å². The molecule has 5 nitrogen and oxygen atoms in total. The van der Waals surface area contributed by atoms with Gasteiger partial charge in [0.2, 0.25) is 0 Å². The minimum Gasteiger partial charge on any atom is -0.480 e. The number of fused-ring (bicyclic) bond motifs is 1. The molecule has 0 aromatic heterocycles. The summed E-state index contributed by atoms with van der Waals surface area (Å²) in [6.45, 7) is 0.972. The first-order valence-corrected chi connectivity index (χ1v) is 8.24. The van der Waals surface area contributed by atoms with Crippen LogP contribution in [0.5, 0.6) is 0 Å². The maximum Gasteiger partial charge on any atom is 0.326 e. The molecule has 0 fully saturated rings. The second kappa shape index (κ2) is 6.85. The average molecular weight is 308 g/mol. The number of rotatable bonds is 4. The van der Waals surface area contributed by atoms with E-state index in [1.807, 2.05) is 30.5 Å². The summed E-state index contributed by atoms with van der Waals surface area (Å²) in [5.74, 6) is -0.110. The molecule has 0 bridgehead atoms. The Bertz CT molecular complexity index is 535. The van der Waals surface area contributed by atoms with E-state index in [-0.39, 0.29) is 6.03 Å². The lowest BCUT2D eigenvalue weighted by Gasteiger charge is -2.36. The van der Waals surface area contributed by atoms with Gasteiger partial charge in [0.05, 0.1) is 0 Å². The maximum atomic E-state index is 12.5. The third-order valence-electron chi connectivity index (χ3n) is 3.74. The van der Waals surface area contributed by atoms with E-state index in [4.69, 9.17) is 0 Å². The molecule has 0 saturated heterocycles. The number of carboxylic acids is 1. The third-order valence-corrected chi connectivity index (χ3v) is 4.33. The Kier molecular flexibility index (Phi) is 5.12. The van der Waals surface area contributed by atoms with Crippen LogP contribution in [-0.4, -0.2) is 58.5 Å². The smallest absolute Gasteiger partial charge is 0.326 e. The predicted octanol–water partition coefficient (Wildman–Crippen LogP) is 1.91. The van der Waals surface area contributed by atoms with Crippen molar-refractivity contribution in [2.45, 2.75) is 19.0 Å². The van der Waals surface area contributed by atoms with E-state index in [0.29, 0.717) is 19.5 Å². The van der Waals surface area contributed by atoms with Crippen LogP contribution < -0.4 is 0 Å². The van der Waals surface area contributed by atoms with Gasteiger partial charge in [0, 0.05) is 32.3 Å². The van der Waals surface area contributed by atoms with Crippen molar-refractivity contribution in [2.24, 2.45) is 0 Å². The molecular weight excluding hydrogens is 288 g/mol. The van der Waals surface area contributed by atoms with Crippen molar-refractivity contribution in [3.63, 3.8) is 0 Å². The van der Waals surface area contributed by atoms with Crippen LogP contribution in [0.25, 0.3) is 0 Å². The molecule has 2 rings (SSSR count). The number of urea groups is 1. The first kappa shape index (κ1) is 15.7. The Morgan fingerprint density at radius 3 is 2.67 bits per heavy atom. The normalized spacial score (nSPS) is 17.2. The molecule has 0 radical (unpaired) electrons. The molecule has 21 heavy (non-hydrogen) atoms. The molecule has 1 aliphatic rings. The van der Waals surface area contributed by atoms with Gasteiger partial charge in [0.15, 0.2) is 0 Å². The van der Waals surface area contributed by atoms with Crippen LogP contribution in [-0.2, 0) is 17.8 Å². The fourth-order valence-corrected chi connectivity index (χ4v) is 2.94. The molecule has 6 heteroatoms. The lowest BCUT2D eigenvalue weighted by molar-refractivity contribution is -0.142. The quantitative estimate of drug-likeness (QED) is 0.923. The minimum atomic E-state index is -0.948. The van der Waals surface area contributed by atoms with Crippen LogP contribution in [0.4, 0.5) is 4.79 Å². The molecule has 1 atom stereocenters. The molecule has 1 aromatic carbocycles. The monoisotopic (exact) mass is 308 g/mol. The zero-order valence-electron chi connectivity index (χ0n) is 12.3. The zero-order valence-corrected chi connectivity index (χ0v) is 13.1. The average Bonchev–Trinajstić information content (AvgIpc) is 2.50. The Morgan fingerprint density at radius 2 is 2.05 bits per heavy atom. The predicted molar refractivity (Wildman–Crippen MR) is 83.5 cm³/mol. The standard InChI is InChI=1S/C15H20N2O3S/c1-16(7-8-21-2)15(20)17-10-12-6-4-3-5-11(12)9-13(17)14(18)19/h3-6,13H,7-10H2,1-2H3,(H,18,19)/t13-/m0/s1. The van der Waals surface area contributed by atoms with E-state index in [1.54, 1.807) is 23.7 Å². The highest BCUT2D eigenvalue weighted by Crippen LogP contribution is 2.24. The number of aliphatic carboxylic acids is 1. The summed E-state index contributed by atoms with van der Waals surface area (Å²) < 4.78 is 0. The summed E-state index contributed by atoms with van der Waals surface area (Å²) in [4.78, 5) is 27.1. The van der Waals surface area contributed by atoms with E-state index in [9.17, 15) is 14.7 Å². The number of benzene rings is 1. The van der Waals surface area contributed by atoms with Crippen molar-refractivity contribution < 1.29 is 14.7 Å². The molecular formula is C15H20N2O3S. The second-order valence-corrected chi connectivity index (χ2v) is 6.14. The number of amides is 2. The minimum absolute atomic E-state index is 0.217. The SMILES string of the molecule is CSCCN(C)C(=O)N1Cc2ccccc2C[C@H]1C(=O)O. The number of hydrogen-bond acceptors (Lipinski definition) is 3. The molecule has 114 valence electrons. The van der Waals surface area contributed by atoms with E-state index in [0.717, 1.165) is 16.9 Å². The van der Waals surface area contributed by atoms with Gasteiger partial charge in [-0.1, -0.05) is 24.3 Å². The summed E-state index contributed by atoms with van der Waals surface area (Å²) in [6.07, 6.45) is 2.35. The number of carbonyl (C=O) groups is 2. The number of nitrogens with zero attached hydrogens (tertiary/aromatic N) is 2. The van der Waals surface area contributed by atoms with Gasteiger partial charge in [0.25, 0.3) is 0 Å². The topological polar surface area (TPSA) is 60.9 Å². The van der Waals surface area contributed by atoms with Crippen LogP contribution in [0.3, 0.4) is 0 Å². The fraction of sp³-hybridized carbons (Fsp3) is 0.467. The summed E-state index contributed by atoms with van der Waals surface area (Å²) in [7, 11) is 1.72. The Labute approximate surface area is 128 Å². The number of carboxylic acid groups (broad SMARTS) is 1. The van der Waals surface area contributed by atoms with Gasteiger partial charge in [-0.3, -0.25) is 0 Å². The van der Waals surface area contributed by atoms with E-state index < -0.39 is 12.0 Å². The van der Waals surface area contributed by atoms with Crippen molar-refractivity contribution in [3.8, 4) is 0 Å². The highest BCUT2D eigenvalue weighted by atomic mass is 32.2. The van der Waals surface area contributed by atoms with Gasteiger partial charge in [-0.05, 0) is 17.4 Å². The Hall–Kier alpha value is -1.69. The maximum absolute atomic E-state index is 12.5. The first-order chi connectivity index (χ1) is 10.0. The highest BCUT2D eigenvalue weighted by molar-refractivity contribution is 7.98. The summed E-state index contributed by atoms with van der Waals surface area (Å²) in [6, 6.07) is 6.70. The lowest BCUT2D eigenvalue weighted by atomic mass is 9.94. The molecule has 1 heterocycles. The van der Waals surface area contributed by atoms with Crippen LogP contribution in [0, 0.1) is 0 Å². The van der Waals surface area contributed by atoms with Gasteiger partial charge < -0.3 is 14.9 Å². The molecule has 0 aliphatic carbocycles. The van der Waals surface area contributed by atoms with E-state index in [1.165, 1.54) is 4.90 Å². The van der Waals surface area contributed by atoms with Crippen molar-refractivity contribution in [3.05, 3.63) is 35.4 Å². The van der Waals surface area contributed by atoms with Crippen molar-refractivity contribution in [2.75, 3.05) is 25.6 Å². The molecule has 2 amide bonds.